The lowest BCUT2D eigenvalue weighted by Crippen LogP contribution is -2.35. The first-order valence-corrected chi connectivity index (χ1v) is 9.09. The molecule has 0 amide bonds. The van der Waals surface area contributed by atoms with Gasteiger partial charge in [-0.3, -0.25) is 0 Å². The molecule has 1 unspecified atom stereocenters. The molecule has 0 saturated carbocycles. The highest BCUT2D eigenvalue weighted by atomic mass is 32.2. The maximum atomic E-state index is 4.67. The van der Waals surface area contributed by atoms with Gasteiger partial charge in [-0.05, 0) is 19.1 Å². The van der Waals surface area contributed by atoms with E-state index in [1.807, 2.05) is 34.5 Å². The van der Waals surface area contributed by atoms with E-state index in [-0.39, 0.29) is 0 Å². The molecule has 1 aliphatic rings. The van der Waals surface area contributed by atoms with Crippen LogP contribution in [0, 0.1) is 0 Å². The molecule has 3 heterocycles. The van der Waals surface area contributed by atoms with E-state index in [0.717, 1.165) is 29.4 Å². The van der Waals surface area contributed by atoms with Gasteiger partial charge in [-0.1, -0.05) is 30.3 Å². The predicted octanol–water partition coefficient (Wildman–Crippen LogP) is 3.12. The normalized spacial score (nSPS) is 19.0. The Bertz CT molecular complexity index is 801. The van der Waals surface area contributed by atoms with Gasteiger partial charge in [0.15, 0.2) is 0 Å². The first kappa shape index (κ1) is 14.5. The Morgan fingerprint density at radius 3 is 2.91 bits per heavy atom. The summed E-state index contributed by atoms with van der Waals surface area (Å²) in [5.74, 6) is 4.10. The lowest BCUT2D eigenvalue weighted by Gasteiger charge is -2.29. The second kappa shape index (κ2) is 6.20. The summed E-state index contributed by atoms with van der Waals surface area (Å²) < 4.78 is 1.86. The molecule has 1 fully saturated rings. The van der Waals surface area contributed by atoms with Crippen LogP contribution in [0.2, 0.25) is 0 Å². The third kappa shape index (κ3) is 2.79. The zero-order valence-corrected chi connectivity index (χ0v) is 13.9. The van der Waals surface area contributed by atoms with Crippen LogP contribution in [0.5, 0.6) is 0 Å². The number of fused-ring (bicyclic) bond motifs is 1. The highest BCUT2D eigenvalue weighted by Gasteiger charge is 2.21. The number of hydrogen-bond donors (Lipinski definition) is 0. The van der Waals surface area contributed by atoms with Gasteiger partial charge in [-0.25, -0.2) is 4.98 Å². The van der Waals surface area contributed by atoms with Crippen LogP contribution in [0.1, 0.15) is 13.3 Å². The molecule has 1 atom stereocenters. The standard InChI is InChI=1S/C17H19N5S/c1-13-7-9-23-10-8-21(13)16-11-15(14-5-3-2-4-6-14)20-17-18-12-19-22(16)17/h2-6,11-13H,7-10H2,1H3. The SMILES string of the molecule is CC1CCSCCN1c1cc(-c2ccccc2)nc2ncnn12. The van der Waals surface area contributed by atoms with E-state index in [4.69, 9.17) is 0 Å². The maximum absolute atomic E-state index is 4.67. The van der Waals surface area contributed by atoms with E-state index < -0.39 is 0 Å². The van der Waals surface area contributed by atoms with Crippen molar-refractivity contribution in [1.82, 2.24) is 19.6 Å². The van der Waals surface area contributed by atoms with Crippen molar-refractivity contribution in [2.24, 2.45) is 0 Å². The molecule has 0 aliphatic carbocycles. The van der Waals surface area contributed by atoms with Crippen LogP contribution in [0.4, 0.5) is 5.82 Å². The van der Waals surface area contributed by atoms with Crippen molar-refractivity contribution in [3.05, 3.63) is 42.7 Å². The molecular weight excluding hydrogens is 306 g/mol. The average Bonchev–Trinajstić information content (AvgIpc) is 2.96. The van der Waals surface area contributed by atoms with E-state index in [0.29, 0.717) is 11.8 Å². The van der Waals surface area contributed by atoms with Crippen molar-refractivity contribution < 1.29 is 0 Å². The number of aromatic nitrogens is 4. The van der Waals surface area contributed by atoms with E-state index in [2.05, 4.69) is 45.1 Å². The number of anilines is 1. The molecular formula is C17H19N5S. The Morgan fingerprint density at radius 2 is 2.04 bits per heavy atom. The minimum atomic E-state index is 0.489. The molecule has 3 aromatic rings. The van der Waals surface area contributed by atoms with Crippen LogP contribution in [-0.2, 0) is 0 Å². The molecule has 5 nitrogen and oxygen atoms in total. The molecule has 6 heteroatoms. The fourth-order valence-electron chi connectivity index (χ4n) is 2.99. The summed E-state index contributed by atoms with van der Waals surface area (Å²) >= 11 is 2.02. The molecule has 0 bridgehead atoms. The van der Waals surface area contributed by atoms with Crippen LogP contribution in [0.15, 0.2) is 42.7 Å². The fraction of sp³-hybridized carbons (Fsp3) is 0.353. The van der Waals surface area contributed by atoms with Gasteiger partial charge in [0.2, 0.25) is 0 Å². The molecule has 0 spiro atoms. The summed E-state index contributed by atoms with van der Waals surface area (Å²) in [6.45, 7) is 3.32. The Balaban J connectivity index is 1.86. The van der Waals surface area contributed by atoms with Gasteiger partial charge in [0.05, 0.1) is 5.69 Å². The van der Waals surface area contributed by atoms with Gasteiger partial charge in [0.1, 0.15) is 12.1 Å². The zero-order chi connectivity index (χ0) is 15.6. The quantitative estimate of drug-likeness (QED) is 0.724. The molecule has 1 aromatic carbocycles. The second-order valence-electron chi connectivity index (χ2n) is 5.78. The van der Waals surface area contributed by atoms with Crippen LogP contribution >= 0.6 is 11.8 Å². The molecule has 2 aromatic heterocycles. The minimum Gasteiger partial charge on any atom is -0.353 e. The first-order valence-electron chi connectivity index (χ1n) is 7.93. The number of thioether (sulfide) groups is 1. The van der Waals surface area contributed by atoms with Gasteiger partial charge < -0.3 is 4.90 Å². The van der Waals surface area contributed by atoms with Crippen LogP contribution in [-0.4, -0.2) is 43.7 Å². The summed E-state index contributed by atoms with van der Waals surface area (Å²) in [5, 5.41) is 4.39. The molecule has 118 valence electrons. The molecule has 0 radical (unpaired) electrons. The first-order chi connectivity index (χ1) is 11.3. The average molecular weight is 325 g/mol. The monoisotopic (exact) mass is 325 g/mol. The van der Waals surface area contributed by atoms with Gasteiger partial charge in [-0.2, -0.15) is 26.4 Å². The Morgan fingerprint density at radius 1 is 1.17 bits per heavy atom. The number of rotatable bonds is 2. The van der Waals surface area contributed by atoms with Crippen molar-refractivity contribution in [2.75, 3.05) is 23.0 Å². The van der Waals surface area contributed by atoms with Gasteiger partial charge in [0, 0.05) is 30.0 Å². The van der Waals surface area contributed by atoms with Crippen molar-refractivity contribution in [3.63, 3.8) is 0 Å². The van der Waals surface area contributed by atoms with Crippen molar-refractivity contribution in [2.45, 2.75) is 19.4 Å². The van der Waals surface area contributed by atoms with Crippen molar-refractivity contribution in [3.8, 4) is 11.3 Å². The lowest BCUT2D eigenvalue weighted by molar-refractivity contribution is 0.628. The van der Waals surface area contributed by atoms with E-state index in [1.54, 1.807) is 6.33 Å². The minimum absolute atomic E-state index is 0.489. The molecule has 0 N–H and O–H groups in total. The Hall–Kier alpha value is -2.08. The van der Waals surface area contributed by atoms with E-state index in [1.165, 1.54) is 12.2 Å². The molecule has 1 aliphatic heterocycles. The Kier molecular flexibility index (Phi) is 3.91. The predicted molar refractivity (Wildman–Crippen MR) is 95.0 cm³/mol. The number of nitrogens with zero attached hydrogens (tertiary/aromatic N) is 5. The highest BCUT2D eigenvalue weighted by molar-refractivity contribution is 7.99. The van der Waals surface area contributed by atoms with E-state index >= 15 is 0 Å². The number of benzene rings is 1. The largest absolute Gasteiger partial charge is 0.353 e. The Labute approximate surface area is 139 Å². The lowest BCUT2D eigenvalue weighted by atomic mass is 10.1. The van der Waals surface area contributed by atoms with Crippen LogP contribution in [0.25, 0.3) is 17.0 Å². The topological polar surface area (TPSA) is 46.3 Å². The van der Waals surface area contributed by atoms with Crippen LogP contribution < -0.4 is 4.90 Å². The second-order valence-corrected chi connectivity index (χ2v) is 7.01. The highest BCUT2D eigenvalue weighted by Crippen LogP contribution is 2.27. The maximum Gasteiger partial charge on any atom is 0.254 e. The molecule has 1 saturated heterocycles. The zero-order valence-electron chi connectivity index (χ0n) is 13.1. The van der Waals surface area contributed by atoms with Gasteiger partial charge >= 0.3 is 0 Å². The van der Waals surface area contributed by atoms with Crippen LogP contribution in [0.3, 0.4) is 0 Å². The summed E-state index contributed by atoms with van der Waals surface area (Å²) in [4.78, 5) is 11.4. The summed E-state index contributed by atoms with van der Waals surface area (Å²) in [6, 6.07) is 12.9. The summed E-state index contributed by atoms with van der Waals surface area (Å²) in [5.41, 5.74) is 2.06. The summed E-state index contributed by atoms with van der Waals surface area (Å²) in [7, 11) is 0. The van der Waals surface area contributed by atoms with Gasteiger partial charge in [-0.15, -0.1) is 0 Å². The van der Waals surface area contributed by atoms with E-state index in [9.17, 15) is 0 Å². The fourth-order valence-corrected chi connectivity index (χ4v) is 4.03. The van der Waals surface area contributed by atoms with Gasteiger partial charge in [0.25, 0.3) is 5.78 Å². The third-order valence-electron chi connectivity index (χ3n) is 4.29. The smallest absolute Gasteiger partial charge is 0.254 e. The number of hydrogen-bond acceptors (Lipinski definition) is 5. The van der Waals surface area contributed by atoms with Crippen molar-refractivity contribution in [1.29, 1.82) is 0 Å². The molecule has 4 rings (SSSR count). The molecule has 23 heavy (non-hydrogen) atoms. The third-order valence-corrected chi connectivity index (χ3v) is 5.28. The van der Waals surface area contributed by atoms with Crippen molar-refractivity contribution >= 4 is 23.4 Å². The summed E-state index contributed by atoms with van der Waals surface area (Å²) in [6.07, 6.45) is 2.77.